The third-order valence-electron chi connectivity index (χ3n) is 8.17. The molecule has 2 aliphatic rings. The molecule has 0 fully saturated rings. The summed E-state index contributed by atoms with van der Waals surface area (Å²) >= 11 is 1.48. The zero-order valence-electron chi connectivity index (χ0n) is 22.8. The lowest BCUT2D eigenvalue weighted by atomic mass is 9.83. The van der Waals surface area contributed by atoms with Crippen molar-refractivity contribution in [2.24, 2.45) is 4.99 Å². The third kappa shape index (κ3) is 3.97. The van der Waals surface area contributed by atoms with Crippen molar-refractivity contribution >= 4 is 34.0 Å². The summed E-state index contributed by atoms with van der Waals surface area (Å²) in [4.78, 5) is 20.1. The summed E-state index contributed by atoms with van der Waals surface area (Å²) in [6.07, 6.45) is 8.29. The van der Waals surface area contributed by atoms with Gasteiger partial charge in [0.2, 0.25) is 0 Å². The fraction of sp³-hybridized carbons (Fsp3) is 0.235. The van der Waals surface area contributed by atoms with Crippen LogP contribution < -0.4 is 19.6 Å². The van der Waals surface area contributed by atoms with Crippen molar-refractivity contribution < 1.29 is 4.74 Å². The van der Waals surface area contributed by atoms with Gasteiger partial charge in [-0.05, 0) is 48.6 Å². The fourth-order valence-electron chi connectivity index (χ4n) is 6.24. The quantitative estimate of drug-likeness (QED) is 0.260. The van der Waals surface area contributed by atoms with E-state index >= 15 is 0 Å². The molecule has 0 bridgehead atoms. The first-order valence-corrected chi connectivity index (χ1v) is 14.8. The number of hydrogen-bond donors (Lipinski definition) is 0. The van der Waals surface area contributed by atoms with E-state index in [1.807, 2.05) is 22.8 Å². The van der Waals surface area contributed by atoms with E-state index in [1.165, 1.54) is 38.9 Å². The molecular weight excluding hydrogens is 514 g/mol. The number of methoxy groups -OCH3 is 1. The topological polar surface area (TPSA) is 48.5 Å². The van der Waals surface area contributed by atoms with Gasteiger partial charge in [-0.2, -0.15) is 0 Å². The van der Waals surface area contributed by atoms with Gasteiger partial charge in [-0.3, -0.25) is 9.36 Å². The highest BCUT2D eigenvalue weighted by Crippen LogP contribution is 2.43. The molecule has 0 spiro atoms. The molecule has 1 atom stereocenters. The standard InChI is InChI=1S/C34H31N3O2S/c1-3-4-19-36-21-23(24-12-7-9-15-28(24)36)20-30-33(38)37-32(26-14-8-10-16-29(26)39-2)27-18-17-22-11-5-6-13-25(22)31(27)35-34(37)40-30/h5-16,20-21,32H,3-4,17-19H2,1-2H3/b30-20-. The van der Waals surface area contributed by atoms with Crippen LogP contribution in [0.3, 0.4) is 0 Å². The Morgan fingerprint density at radius 3 is 2.70 bits per heavy atom. The molecule has 5 nitrogen and oxygen atoms in total. The zero-order valence-corrected chi connectivity index (χ0v) is 23.6. The minimum absolute atomic E-state index is 0.00421. The Kier molecular flexibility index (Phi) is 6.28. The largest absolute Gasteiger partial charge is 0.496 e. The summed E-state index contributed by atoms with van der Waals surface area (Å²) in [6.45, 7) is 3.18. The minimum Gasteiger partial charge on any atom is -0.496 e. The highest BCUT2D eigenvalue weighted by molar-refractivity contribution is 7.07. The Bertz CT molecular complexity index is 1970. The molecule has 1 aliphatic carbocycles. The number of fused-ring (bicyclic) bond motifs is 4. The number of allylic oxidation sites excluding steroid dienone is 1. The number of aryl methyl sites for hydroxylation is 2. The van der Waals surface area contributed by atoms with Crippen LogP contribution in [0.2, 0.25) is 0 Å². The second-order valence-electron chi connectivity index (χ2n) is 10.5. The first-order valence-electron chi connectivity index (χ1n) is 14.0. The highest BCUT2D eigenvalue weighted by Gasteiger charge is 2.34. The van der Waals surface area contributed by atoms with E-state index in [1.54, 1.807) is 7.11 Å². The molecule has 0 saturated heterocycles. The van der Waals surface area contributed by atoms with E-state index in [-0.39, 0.29) is 11.6 Å². The monoisotopic (exact) mass is 545 g/mol. The molecule has 1 unspecified atom stereocenters. The number of unbranched alkanes of at least 4 members (excludes halogenated alkanes) is 1. The maximum Gasteiger partial charge on any atom is 0.271 e. The van der Waals surface area contributed by atoms with Gasteiger partial charge < -0.3 is 9.30 Å². The summed E-state index contributed by atoms with van der Waals surface area (Å²) in [5.41, 5.74) is 7.92. The van der Waals surface area contributed by atoms with Crippen molar-refractivity contribution in [2.75, 3.05) is 7.11 Å². The number of hydrogen-bond acceptors (Lipinski definition) is 4. The van der Waals surface area contributed by atoms with Gasteiger partial charge in [0, 0.05) is 40.3 Å². The number of para-hydroxylation sites is 2. The number of ether oxygens (including phenoxy) is 1. The average molecular weight is 546 g/mol. The summed E-state index contributed by atoms with van der Waals surface area (Å²) in [6, 6.07) is 24.8. The molecule has 6 heteroatoms. The van der Waals surface area contributed by atoms with Crippen LogP contribution in [0, 0.1) is 0 Å². The Hall–Kier alpha value is -4.16. The molecule has 0 N–H and O–H groups in total. The lowest BCUT2D eigenvalue weighted by Gasteiger charge is -2.31. The van der Waals surface area contributed by atoms with Gasteiger partial charge in [0.1, 0.15) is 5.75 Å². The van der Waals surface area contributed by atoms with E-state index in [4.69, 9.17) is 9.73 Å². The number of aromatic nitrogens is 2. The number of benzene rings is 3. The Morgan fingerprint density at radius 1 is 1.02 bits per heavy atom. The number of thiazole rings is 1. The van der Waals surface area contributed by atoms with Gasteiger partial charge >= 0.3 is 0 Å². The van der Waals surface area contributed by atoms with E-state index in [0.29, 0.717) is 4.53 Å². The Labute approximate surface area is 237 Å². The summed E-state index contributed by atoms with van der Waals surface area (Å²) < 4.78 is 10.7. The summed E-state index contributed by atoms with van der Waals surface area (Å²) in [7, 11) is 1.70. The number of nitrogens with zero attached hydrogens (tertiary/aromatic N) is 3. The van der Waals surface area contributed by atoms with Gasteiger partial charge in [-0.15, -0.1) is 0 Å². The molecule has 5 aromatic rings. The molecule has 2 aromatic heterocycles. The van der Waals surface area contributed by atoms with Crippen molar-refractivity contribution in [1.82, 2.24) is 9.13 Å². The molecule has 0 amide bonds. The van der Waals surface area contributed by atoms with Crippen LogP contribution in [-0.4, -0.2) is 16.2 Å². The average Bonchev–Trinajstić information content (AvgIpc) is 3.51. The highest BCUT2D eigenvalue weighted by atomic mass is 32.1. The predicted molar refractivity (Wildman–Crippen MR) is 163 cm³/mol. The number of rotatable bonds is 6. The first kappa shape index (κ1) is 24.9. The van der Waals surface area contributed by atoms with Crippen LogP contribution in [-0.2, 0) is 13.0 Å². The van der Waals surface area contributed by atoms with Crippen molar-refractivity contribution in [1.29, 1.82) is 0 Å². The van der Waals surface area contributed by atoms with Crippen LogP contribution in [0.1, 0.15) is 54.5 Å². The molecule has 0 radical (unpaired) electrons. The smallest absolute Gasteiger partial charge is 0.271 e. The second-order valence-corrected chi connectivity index (χ2v) is 11.5. The van der Waals surface area contributed by atoms with Gasteiger partial charge in [0.25, 0.3) is 5.56 Å². The van der Waals surface area contributed by atoms with E-state index in [0.717, 1.165) is 59.6 Å². The van der Waals surface area contributed by atoms with Crippen molar-refractivity contribution in [2.45, 2.75) is 45.2 Å². The normalized spacial score (nSPS) is 16.4. The van der Waals surface area contributed by atoms with Gasteiger partial charge in [-0.1, -0.05) is 85.3 Å². The third-order valence-corrected chi connectivity index (χ3v) is 9.15. The fourth-order valence-corrected chi connectivity index (χ4v) is 7.23. The lowest BCUT2D eigenvalue weighted by molar-refractivity contribution is 0.402. The van der Waals surface area contributed by atoms with E-state index < -0.39 is 0 Å². The van der Waals surface area contributed by atoms with E-state index in [9.17, 15) is 4.79 Å². The van der Waals surface area contributed by atoms with Crippen molar-refractivity contribution in [3.8, 4) is 5.75 Å². The van der Waals surface area contributed by atoms with Gasteiger partial charge in [0.15, 0.2) is 4.80 Å². The maximum absolute atomic E-state index is 14.2. The molecule has 3 aromatic carbocycles. The molecular formula is C34H31N3O2S. The molecule has 1 aliphatic heterocycles. The molecule has 3 heterocycles. The molecule has 7 rings (SSSR count). The van der Waals surface area contributed by atoms with Crippen LogP contribution in [0.4, 0.5) is 0 Å². The SMILES string of the molecule is CCCCn1cc(/C=c2\sc3n(c2=O)C(c2ccccc2OC)C2=C(N=3)c3ccccc3CC2)c2ccccc21. The van der Waals surface area contributed by atoms with Crippen molar-refractivity contribution in [3.63, 3.8) is 0 Å². The Morgan fingerprint density at radius 2 is 1.82 bits per heavy atom. The summed E-state index contributed by atoms with van der Waals surface area (Å²) in [5.74, 6) is 0.786. The minimum atomic E-state index is -0.260. The first-order chi connectivity index (χ1) is 19.7. The molecule has 40 heavy (non-hydrogen) atoms. The Balaban J connectivity index is 1.47. The van der Waals surface area contributed by atoms with Gasteiger partial charge in [-0.25, -0.2) is 4.99 Å². The lowest BCUT2D eigenvalue weighted by Crippen LogP contribution is -2.38. The molecule has 200 valence electrons. The van der Waals surface area contributed by atoms with E-state index in [2.05, 4.69) is 78.4 Å². The zero-order chi connectivity index (χ0) is 27.2. The molecule has 0 saturated carbocycles. The van der Waals surface area contributed by atoms with Crippen LogP contribution in [0.15, 0.2) is 94.4 Å². The van der Waals surface area contributed by atoms with Crippen molar-refractivity contribution in [3.05, 3.63) is 127 Å². The maximum atomic E-state index is 14.2. The van der Waals surface area contributed by atoms with Crippen LogP contribution >= 0.6 is 11.3 Å². The summed E-state index contributed by atoms with van der Waals surface area (Å²) in [5, 5.41) is 1.17. The van der Waals surface area contributed by atoms with Crippen LogP contribution in [0.5, 0.6) is 5.75 Å². The second kappa shape index (κ2) is 10.1. The van der Waals surface area contributed by atoms with Gasteiger partial charge in [0.05, 0.1) is 23.4 Å². The van der Waals surface area contributed by atoms with Crippen LogP contribution in [0.25, 0.3) is 22.7 Å². The predicted octanol–water partition coefficient (Wildman–Crippen LogP) is 6.08.